The average Bonchev–Trinajstić information content (AvgIpc) is 2.99. The Kier molecular flexibility index (Phi) is 5.69. The maximum atomic E-state index is 11.7. The SMILES string of the molecule is COCCNC(=O)c1ccc(NCC2CCCO2)nn1. The summed E-state index contributed by atoms with van der Waals surface area (Å²) in [4.78, 5) is 11.7. The molecule has 1 aliphatic rings. The second kappa shape index (κ2) is 7.76. The third-order valence-corrected chi connectivity index (χ3v) is 3.02. The van der Waals surface area contributed by atoms with Crippen molar-refractivity contribution in [1.82, 2.24) is 15.5 Å². The van der Waals surface area contributed by atoms with Gasteiger partial charge in [-0.1, -0.05) is 0 Å². The minimum atomic E-state index is -0.250. The number of anilines is 1. The number of aromatic nitrogens is 2. The highest BCUT2D eigenvalue weighted by molar-refractivity contribution is 5.92. The molecule has 2 heterocycles. The van der Waals surface area contributed by atoms with Gasteiger partial charge in [0.15, 0.2) is 5.69 Å². The third-order valence-electron chi connectivity index (χ3n) is 3.02. The summed E-state index contributed by atoms with van der Waals surface area (Å²) in [6, 6.07) is 3.39. The molecule has 0 saturated carbocycles. The van der Waals surface area contributed by atoms with E-state index in [2.05, 4.69) is 20.8 Å². The molecular formula is C13H20N4O3. The molecule has 1 unspecified atom stereocenters. The topological polar surface area (TPSA) is 85.4 Å². The van der Waals surface area contributed by atoms with Crippen LogP contribution in [0.2, 0.25) is 0 Å². The first-order chi connectivity index (χ1) is 9.79. The number of carbonyl (C=O) groups excluding carboxylic acids is 1. The molecule has 0 aromatic carbocycles. The second-order valence-corrected chi connectivity index (χ2v) is 4.57. The molecule has 1 aromatic rings. The molecule has 110 valence electrons. The number of methoxy groups -OCH3 is 1. The summed E-state index contributed by atoms with van der Waals surface area (Å²) < 4.78 is 10.4. The molecule has 2 N–H and O–H groups in total. The van der Waals surface area contributed by atoms with Gasteiger partial charge in [0.2, 0.25) is 0 Å². The summed E-state index contributed by atoms with van der Waals surface area (Å²) in [6.07, 6.45) is 2.42. The first kappa shape index (κ1) is 14.7. The first-order valence-electron chi connectivity index (χ1n) is 6.76. The van der Waals surface area contributed by atoms with E-state index in [1.165, 1.54) is 0 Å². The molecule has 7 nitrogen and oxygen atoms in total. The van der Waals surface area contributed by atoms with Crippen molar-refractivity contribution in [2.45, 2.75) is 18.9 Å². The van der Waals surface area contributed by atoms with Crippen LogP contribution in [-0.2, 0) is 9.47 Å². The highest BCUT2D eigenvalue weighted by Gasteiger charge is 2.15. The Morgan fingerprint density at radius 2 is 2.40 bits per heavy atom. The fourth-order valence-electron chi connectivity index (χ4n) is 1.93. The Balaban J connectivity index is 1.78. The lowest BCUT2D eigenvalue weighted by Crippen LogP contribution is -2.28. The van der Waals surface area contributed by atoms with Crippen molar-refractivity contribution < 1.29 is 14.3 Å². The van der Waals surface area contributed by atoms with E-state index in [0.717, 1.165) is 19.4 Å². The first-order valence-corrected chi connectivity index (χ1v) is 6.76. The number of carbonyl (C=O) groups is 1. The zero-order valence-electron chi connectivity index (χ0n) is 11.6. The summed E-state index contributed by atoms with van der Waals surface area (Å²) in [5.74, 6) is 0.397. The monoisotopic (exact) mass is 280 g/mol. The molecular weight excluding hydrogens is 260 g/mol. The van der Waals surface area contributed by atoms with Gasteiger partial charge in [-0.2, -0.15) is 0 Å². The number of nitrogens with zero attached hydrogens (tertiary/aromatic N) is 2. The van der Waals surface area contributed by atoms with Crippen molar-refractivity contribution in [3.8, 4) is 0 Å². The Morgan fingerprint density at radius 3 is 3.05 bits per heavy atom. The molecule has 1 atom stereocenters. The maximum Gasteiger partial charge on any atom is 0.271 e. The number of hydrogen-bond donors (Lipinski definition) is 2. The molecule has 0 spiro atoms. The van der Waals surface area contributed by atoms with Crippen LogP contribution in [-0.4, -0.2) is 55.6 Å². The van der Waals surface area contributed by atoms with Crippen molar-refractivity contribution in [2.75, 3.05) is 38.7 Å². The van der Waals surface area contributed by atoms with Gasteiger partial charge < -0.3 is 20.1 Å². The molecule has 2 rings (SSSR count). The second-order valence-electron chi connectivity index (χ2n) is 4.57. The number of hydrogen-bond acceptors (Lipinski definition) is 6. The summed E-state index contributed by atoms with van der Waals surface area (Å²) in [5.41, 5.74) is 0.295. The normalized spacial score (nSPS) is 17.9. The van der Waals surface area contributed by atoms with Crippen LogP contribution in [0.3, 0.4) is 0 Å². The lowest BCUT2D eigenvalue weighted by atomic mass is 10.2. The Morgan fingerprint density at radius 1 is 1.50 bits per heavy atom. The molecule has 0 bridgehead atoms. The minimum absolute atomic E-state index is 0.244. The van der Waals surface area contributed by atoms with E-state index < -0.39 is 0 Å². The van der Waals surface area contributed by atoms with Crippen molar-refractivity contribution in [2.24, 2.45) is 0 Å². The largest absolute Gasteiger partial charge is 0.383 e. The molecule has 1 fully saturated rings. The summed E-state index contributed by atoms with van der Waals surface area (Å²) in [7, 11) is 1.58. The predicted octanol–water partition coefficient (Wildman–Crippen LogP) is 0.444. The fourth-order valence-corrected chi connectivity index (χ4v) is 1.93. The van der Waals surface area contributed by atoms with Crippen molar-refractivity contribution in [1.29, 1.82) is 0 Å². The molecule has 0 aliphatic carbocycles. The van der Waals surface area contributed by atoms with Crippen LogP contribution >= 0.6 is 0 Å². The fraction of sp³-hybridized carbons (Fsp3) is 0.615. The molecule has 1 saturated heterocycles. The molecule has 0 radical (unpaired) electrons. The Hall–Kier alpha value is -1.73. The lowest BCUT2D eigenvalue weighted by Gasteiger charge is -2.10. The number of rotatable bonds is 7. The highest BCUT2D eigenvalue weighted by Crippen LogP contribution is 2.12. The van der Waals surface area contributed by atoms with Crippen LogP contribution in [0, 0.1) is 0 Å². The van der Waals surface area contributed by atoms with Crippen LogP contribution in [0.5, 0.6) is 0 Å². The van der Waals surface area contributed by atoms with Crippen LogP contribution in [0.4, 0.5) is 5.82 Å². The van der Waals surface area contributed by atoms with Gasteiger partial charge in [-0.05, 0) is 25.0 Å². The standard InChI is InChI=1S/C13H20N4O3/c1-19-8-6-14-13(18)11-4-5-12(17-16-11)15-9-10-3-2-7-20-10/h4-5,10H,2-3,6-9H2,1H3,(H,14,18)(H,15,17). The van der Waals surface area contributed by atoms with E-state index in [-0.39, 0.29) is 12.0 Å². The molecule has 20 heavy (non-hydrogen) atoms. The molecule has 1 aliphatic heterocycles. The van der Waals surface area contributed by atoms with Gasteiger partial charge in [-0.25, -0.2) is 0 Å². The van der Waals surface area contributed by atoms with E-state index in [1.54, 1.807) is 19.2 Å². The van der Waals surface area contributed by atoms with Gasteiger partial charge in [0, 0.05) is 26.8 Å². The lowest BCUT2D eigenvalue weighted by molar-refractivity contribution is 0.0931. The van der Waals surface area contributed by atoms with E-state index in [0.29, 0.717) is 31.2 Å². The molecule has 1 aromatic heterocycles. The van der Waals surface area contributed by atoms with Gasteiger partial charge in [0.1, 0.15) is 5.82 Å². The number of nitrogens with one attached hydrogen (secondary N) is 2. The predicted molar refractivity (Wildman–Crippen MR) is 73.7 cm³/mol. The Bertz CT molecular complexity index is 418. The van der Waals surface area contributed by atoms with Crippen LogP contribution in [0.15, 0.2) is 12.1 Å². The van der Waals surface area contributed by atoms with Crippen molar-refractivity contribution in [3.05, 3.63) is 17.8 Å². The van der Waals surface area contributed by atoms with Gasteiger partial charge in [0.25, 0.3) is 5.91 Å². The molecule has 7 heteroatoms. The van der Waals surface area contributed by atoms with Gasteiger partial charge in [-0.3, -0.25) is 4.79 Å². The van der Waals surface area contributed by atoms with E-state index in [1.807, 2.05) is 0 Å². The highest BCUT2D eigenvalue weighted by atomic mass is 16.5. The van der Waals surface area contributed by atoms with Gasteiger partial charge in [0.05, 0.1) is 12.7 Å². The van der Waals surface area contributed by atoms with Crippen LogP contribution < -0.4 is 10.6 Å². The minimum Gasteiger partial charge on any atom is -0.383 e. The maximum absolute atomic E-state index is 11.7. The summed E-state index contributed by atoms with van der Waals surface area (Å²) in [6.45, 7) is 2.48. The zero-order valence-corrected chi connectivity index (χ0v) is 11.6. The number of ether oxygens (including phenoxy) is 2. The van der Waals surface area contributed by atoms with E-state index in [4.69, 9.17) is 9.47 Å². The van der Waals surface area contributed by atoms with Crippen molar-refractivity contribution in [3.63, 3.8) is 0 Å². The van der Waals surface area contributed by atoms with Crippen LogP contribution in [0.1, 0.15) is 23.3 Å². The zero-order chi connectivity index (χ0) is 14.2. The summed E-state index contributed by atoms with van der Waals surface area (Å²) in [5, 5.41) is 13.7. The molecule has 1 amide bonds. The van der Waals surface area contributed by atoms with Gasteiger partial charge in [-0.15, -0.1) is 10.2 Å². The van der Waals surface area contributed by atoms with E-state index >= 15 is 0 Å². The third kappa shape index (κ3) is 4.43. The smallest absolute Gasteiger partial charge is 0.271 e. The average molecular weight is 280 g/mol. The Labute approximate surface area is 118 Å². The van der Waals surface area contributed by atoms with E-state index in [9.17, 15) is 4.79 Å². The number of amides is 1. The van der Waals surface area contributed by atoms with Gasteiger partial charge >= 0.3 is 0 Å². The van der Waals surface area contributed by atoms with Crippen LogP contribution in [0.25, 0.3) is 0 Å². The van der Waals surface area contributed by atoms with Crippen molar-refractivity contribution >= 4 is 11.7 Å². The quantitative estimate of drug-likeness (QED) is 0.705. The summed E-state index contributed by atoms with van der Waals surface area (Å²) >= 11 is 0.